The van der Waals surface area contributed by atoms with Crippen molar-refractivity contribution in [1.29, 1.82) is 0 Å². The predicted octanol–water partition coefficient (Wildman–Crippen LogP) is 3.54. The molecule has 22 heavy (non-hydrogen) atoms. The van der Waals surface area contributed by atoms with E-state index in [1.165, 1.54) is 0 Å². The van der Waals surface area contributed by atoms with Gasteiger partial charge in [-0.2, -0.15) is 0 Å². The number of ether oxygens (including phenoxy) is 1. The Balaban J connectivity index is 2.02. The van der Waals surface area contributed by atoms with Crippen LogP contribution >= 0.6 is 15.9 Å². The smallest absolute Gasteiger partial charge is 0.411 e. The Morgan fingerprint density at radius 1 is 1.36 bits per heavy atom. The number of halogens is 1. The van der Waals surface area contributed by atoms with Gasteiger partial charge >= 0.3 is 6.09 Å². The maximum Gasteiger partial charge on any atom is 0.411 e. The molecule has 1 aromatic rings. The van der Waals surface area contributed by atoms with Crippen molar-refractivity contribution in [3.63, 3.8) is 0 Å². The lowest BCUT2D eigenvalue weighted by atomic mass is 10.2. The summed E-state index contributed by atoms with van der Waals surface area (Å²) in [5.41, 5.74) is 0.0174. The number of nitrogens with zero attached hydrogens (tertiary/aromatic N) is 1. The topological polar surface area (TPSA) is 58.6 Å². The van der Waals surface area contributed by atoms with Crippen molar-refractivity contribution in [3.05, 3.63) is 34.3 Å². The molecule has 1 heterocycles. The van der Waals surface area contributed by atoms with Gasteiger partial charge in [-0.15, -0.1) is 0 Å². The minimum atomic E-state index is -0.543. The Hall–Kier alpha value is -1.56. The standard InChI is InChI=1S/C16H21BrN2O3/c1-16(2,3)22-15(21)19-9-5-8-13(19)18-14(20)11-6-4-7-12(17)10-11/h4,6-7,10,13H,5,8-9H2,1-3H3,(H,18,20). The third-order valence-corrected chi connectivity index (χ3v) is 3.76. The first kappa shape index (κ1) is 16.8. The maximum absolute atomic E-state index is 12.3. The molecule has 1 N–H and O–H groups in total. The third kappa shape index (κ3) is 4.47. The average molecular weight is 369 g/mol. The summed E-state index contributed by atoms with van der Waals surface area (Å²) in [4.78, 5) is 26.1. The molecule has 0 aliphatic carbocycles. The van der Waals surface area contributed by atoms with Crippen LogP contribution in [0, 0.1) is 0 Å². The fourth-order valence-electron chi connectivity index (χ4n) is 2.32. The van der Waals surface area contributed by atoms with Gasteiger partial charge < -0.3 is 10.1 Å². The van der Waals surface area contributed by atoms with Gasteiger partial charge in [-0.25, -0.2) is 4.79 Å². The number of nitrogens with one attached hydrogen (secondary N) is 1. The maximum atomic E-state index is 12.3. The van der Waals surface area contributed by atoms with Crippen LogP contribution in [0.15, 0.2) is 28.7 Å². The summed E-state index contributed by atoms with van der Waals surface area (Å²) in [5.74, 6) is -0.193. The molecule has 1 aliphatic heterocycles. The molecule has 2 amide bonds. The summed E-state index contributed by atoms with van der Waals surface area (Å²) < 4.78 is 6.23. The predicted molar refractivity (Wildman–Crippen MR) is 87.6 cm³/mol. The number of amides is 2. The third-order valence-electron chi connectivity index (χ3n) is 3.27. The highest BCUT2D eigenvalue weighted by molar-refractivity contribution is 9.10. The second-order valence-corrected chi connectivity index (χ2v) is 7.23. The van der Waals surface area contributed by atoms with E-state index in [9.17, 15) is 9.59 Å². The van der Waals surface area contributed by atoms with Crippen LogP contribution in [0.25, 0.3) is 0 Å². The highest BCUT2D eigenvalue weighted by Gasteiger charge is 2.33. The van der Waals surface area contributed by atoms with Gasteiger partial charge in [0.1, 0.15) is 11.8 Å². The normalized spacial score (nSPS) is 18.2. The summed E-state index contributed by atoms with van der Waals surface area (Å²) in [6, 6.07) is 7.16. The second kappa shape index (κ2) is 6.69. The molecule has 1 aromatic carbocycles. The van der Waals surface area contributed by atoms with E-state index < -0.39 is 5.60 Å². The molecule has 1 aliphatic rings. The van der Waals surface area contributed by atoms with Gasteiger partial charge in [0, 0.05) is 16.6 Å². The average Bonchev–Trinajstić information content (AvgIpc) is 2.85. The fourth-order valence-corrected chi connectivity index (χ4v) is 2.72. The second-order valence-electron chi connectivity index (χ2n) is 6.32. The molecule has 0 bridgehead atoms. The van der Waals surface area contributed by atoms with Crippen molar-refractivity contribution < 1.29 is 14.3 Å². The molecule has 0 radical (unpaired) electrons. The Morgan fingerprint density at radius 3 is 2.73 bits per heavy atom. The number of carbonyl (C=O) groups is 2. The molecular weight excluding hydrogens is 348 g/mol. The van der Waals surface area contributed by atoms with Crippen molar-refractivity contribution in [2.75, 3.05) is 6.54 Å². The molecule has 0 saturated carbocycles. The van der Waals surface area contributed by atoms with E-state index in [0.717, 1.165) is 17.3 Å². The van der Waals surface area contributed by atoms with Crippen molar-refractivity contribution in [1.82, 2.24) is 10.2 Å². The van der Waals surface area contributed by atoms with Gasteiger partial charge in [0.2, 0.25) is 0 Å². The van der Waals surface area contributed by atoms with Gasteiger partial charge in [0.25, 0.3) is 5.91 Å². The Morgan fingerprint density at radius 2 is 2.09 bits per heavy atom. The molecule has 2 rings (SSSR count). The molecule has 0 spiro atoms. The van der Waals surface area contributed by atoms with Crippen molar-refractivity contribution in [2.24, 2.45) is 0 Å². The first-order valence-corrected chi connectivity index (χ1v) is 8.11. The summed E-state index contributed by atoms with van der Waals surface area (Å²) in [5, 5.41) is 2.90. The zero-order valence-corrected chi connectivity index (χ0v) is 14.6. The SMILES string of the molecule is CC(C)(C)OC(=O)N1CCCC1NC(=O)c1cccc(Br)c1. The van der Waals surface area contributed by atoms with Crippen LogP contribution in [0.4, 0.5) is 4.79 Å². The van der Waals surface area contributed by atoms with Crippen LogP contribution in [0.2, 0.25) is 0 Å². The Kier molecular flexibility index (Phi) is 5.11. The monoisotopic (exact) mass is 368 g/mol. The quantitative estimate of drug-likeness (QED) is 0.868. The van der Waals surface area contributed by atoms with E-state index in [-0.39, 0.29) is 18.2 Å². The molecule has 120 valence electrons. The highest BCUT2D eigenvalue weighted by Crippen LogP contribution is 2.20. The lowest BCUT2D eigenvalue weighted by molar-refractivity contribution is 0.0202. The lowest BCUT2D eigenvalue weighted by Crippen LogP contribution is -2.48. The van der Waals surface area contributed by atoms with E-state index in [4.69, 9.17) is 4.74 Å². The molecule has 1 saturated heterocycles. The molecular formula is C16H21BrN2O3. The minimum absolute atomic E-state index is 0.193. The summed E-state index contributed by atoms with van der Waals surface area (Å²) in [6.07, 6.45) is 0.882. The number of carbonyl (C=O) groups excluding carboxylic acids is 2. The van der Waals surface area contributed by atoms with Crippen molar-refractivity contribution in [2.45, 2.75) is 45.4 Å². The number of benzene rings is 1. The van der Waals surface area contributed by atoms with E-state index in [1.807, 2.05) is 26.8 Å². The molecule has 1 atom stereocenters. The van der Waals surface area contributed by atoms with Crippen molar-refractivity contribution >= 4 is 27.9 Å². The van der Waals surface area contributed by atoms with Crippen LogP contribution < -0.4 is 5.32 Å². The van der Waals surface area contributed by atoms with Crippen LogP contribution in [-0.2, 0) is 4.74 Å². The van der Waals surface area contributed by atoms with Gasteiger partial charge in [-0.05, 0) is 51.8 Å². The number of hydrogen-bond acceptors (Lipinski definition) is 3. The summed E-state index contributed by atoms with van der Waals surface area (Å²) >= 11 is 3.35. The van der Waals surface area contributed by atoms with E-state index in [2.05, 4.69) is 21.2 Å². The molecule has 0 aromatic heterocycles. The first-order valence-electron chi connectivity index (χ1n) is 7.32. The van der Waals surface area contributed by atoms with Gasteiger partial charge in [0.05, 0.1) is 0 Å². The zero-order chi connectivity index (χ0) is 16.3. The first-order chi connectivity index (χ1) is 10.3. The van der Waals surface area contributed by atoms with E-state index in [1.54, 1.807) is 23.1 Å². The number of likely N-dealkylation sites (tertiary alicyclic amines) is 1. The number of hydrogen-bond donors (Lipinski definition) is 1. The fraction of sp³-hybridized carbons (Fsp3) is 0.500. The highest BCUT2D eigenvalue weighted by atomic mass is 79.9. The van der Waals surface area contributed by atoms with Gasteiger partial charge in [-0.1, -0.05) is 22.0 Å². The van der Waals surface area contributed by atoms with Crippen molar-refractivity contribution in [3.8, 4) is 0 Å². The van der Waals surface area contributed by atoms with Crippen LogP contribution in [0.5, 0.6) is 0 Å². The van der Waals surface area contributed by atoms with Gasteiger partial charge in [-0.3, -0.25) is 9.69 Å². The lowest BCUT2D eigenvalue weighted by Gasteiger charge is -2.29. The van der Waals surface area contributed by atoms with E-state index >= 15 is 0 Å². The molecule has 1 unspecified atom stereocenters. The van der Waals surface area contributed by atoms with Crippen LogP contribution in [-0.4, -0.2) is 35.2 Å². The minimum Gasteiger partial charge on any atom is -0.444 e. The Labute approximate surface area is 139 Å². The number of rotatable bonds is 2. The van der Waals surface area contributed by atoms with Crippen LogP contribution in [0.1, 0.15) is 44.0 Å². The van der Waals surface area contributed by atoms with Gasteiger partial charge in [0.15, 0.2) is 0 Å². The Bertz CT molecular complexity index is 569. The molecule has 6 heteroatoms. The molecule has 1 fully saturated rings. The zero-order valence-electron chi connectivity index (χ0n) is 13.1. The summed E-state index contributed by atoms with van der Waals surface area (Å²) in [6.45, 7) is 6.08. The van der Waals surface area contributed by atoms with E-state index in [0.29, 0.717) is 12.1 Å². The largest absolute Gasteiger partial charge is 0.444 e. The summed E-state index contributed by atoms with van der Waals surface area (Å²) in [7, 11) is 0. The van der Waals surface area contributed by atoms with Crippen LogP contribution in [0.3, 0.4) is 0 Å². The molecule has 5 nitrogen and oxygen atoms in total.